The van der Waals surface area contributed by atoms with Crippen molar-refractivity contribution in [1.29, 1.82) is 0 Å². The second-order valence-corrected chi connectivity index (χ2v) is 11.1. The lowest BCUT2D eigenvalue weighted by Gasteiger charge is -2.59. The molecular formula is C28H40O6. The van der Waals surface area contributed by atoms with Crippen LogP contribution in [-0.4, -0.2) is 41.4 Å². The number of terminal acetylenes is 1. The maximum atomic E-state index is 12.8. The largest absolute Gasteiger partial charge is 0.445 e. The molecule has 3 fully saturated rings. The number of carbonyl (C=O) groups is 2. The first kappa shape index (κ1) is 25.4. The van der Waals surface area contributed by atoms with Gasteiger partial charge < -0.3 is 9.47 Å². The molecule has 0 aromatic carbocycles. The predicted molar refractivity (Wildman–Crippen MR) is 128 cm³/mol. The summed E-state index contributed by atoms with van der Waals surface area (Å²) < 4.78 is 12.2. The quantitative estimate of drug-likeness (QED) is 0.171. The van der Waals surface area contributed by atoms with Crippen LogP contribution in [0.1, 0.15) is 90.9 Å². The van der Waals surface area contributed by atoms with Gasteiger partial charge in [-0.15, -0.1) is 6.42 Å². The van der Waals surface area contributed by atoms with Crippen LogP contribution in [-0.2, 0) is 24.0 Å². The monoisotopic (exact) mass is 472 g/mol. The highest BCUT2D eigenvalue weighted by molar-refractivity contribution is 5.92. The van der Waals surface area contributed by atoms with Crippen LogP contribution in [0.15, 0.2) is 11.6 Å². The van der Waals surface area contributed by atoms with Crippen molar-refractivity contribution in [3.63, 3.8) is 0 Å². The lowest BCUT2D eigenvalue weighted by atomic mass is 9.48. The van der Waals surface area contributed by atoms with E-state index in [1.165, 1.54) is 0 Å². The van der Waals surface area contributed by atoms with Crippen molar-refractivity contribution in [2.24, 2.45) is 23.2 Å². The highest BCUT2D eigenvalue weighted by Crippen LogP contribution is 2.67. The van der Waals surface area contributed by atoms with Gasteiger partial charge in [0.05, 0.1) is 6.10 Å². The summed E-state index contributed by atoms with van der Waals surface area (Å²) >= 11 is 0. The van der Waals surface area contributed by atoms with Gasteiger partial charge in [0, 0.05) is 31.3 Å². The Balaban J connectivity index is 1.61. The average molecular weight is 473 g/mol. The van der Waals surface area contributed by atoms with Gasteiger partial charge in [-0.1, -0.05) is 39.0 Å². The third kappa shape index (κ3) is 3.85. The highest BCUT2D eigenvalue weighted by atomic mass is 17.1. The van der Waals surface area contributed by atoms with Crippen molar-refractivity contribution >= 4 is 11.8 Å². The summed E-state index contributed by atoms with van der Waals surface area (Å²) in [6.07, 6.45) is 16.6. The molecule has 0 aromatic heterocycles. The summed E-state index contributed by atoms with van der Waals surface area (Å²) in [5.74, 6) is 3.11. The summed E-state index contributed by atoms with van der Waals surface area (Å²) in [4.78, 5) is 30.3. The molecule has 4 aliphatic rings. The number of esters is 1. The molecule has 3 saturated carbocycles. The van der Waals surface area contributed by atoms with Crippen LogP contribution in [0, 0.1) is 35.5 Å². The Morgan fingerprint density at radius 1 is 1.21 bits per heavy atom. The smallest absolute Gasteiger partial charge is 0.307 e. The number of hydrogen-bond donors (Lipinski definition) is 1. The molecule has 34 heavy (non-hydrogen) atoms. The minimum Gasteiger partial charge on any atom is -0.445 e. The minimum absolute atomic E-state index is 0.0203. The number of hydrogen-bond acceptors (Lipinski definition) is 6. The molecule has 4 rings (SSSR count). The van der Waals surface area contributed by atoms with Crippen LogP contribution in [0.25, 0.3) is 0 Å². The van der Waals surface area contributed by atoms with Gasteiger partial charge in [0.15, 0.2) is 11.4 Å². The molecular weight excluding hydrogens is 432 g/mol. The molecule has 1 N–H and O–H groups in total. The van der Waals surface area contributed by atoms with Crippen molar-refractivity contribution in [1.82, 2.24) is 0 Å². The Hall–Kier alpha value is -1.68. The van der Waals surface area contributed by atoms with Crippen molar-refractivity contribution in [3.8, 4) is 12.3 Å². The van der Waals surface area contributed by atoms with Gasteiger partial charge >= 0.3 is 5.97 Å². The predicted octanol–water partition coefficient (Wildman–Crippen LogP) is 5.25. The van der Waals surface area contributed by atoms with Crippen LogP contribution in [0.3, 0.4) is 0 Å². The van der Waals surface area contributed by atoms with E-state index in [0.717, 1.165) is 50.5 Å². The third-order valence-electron chi connectivity index (χ3n) is 9.74. The van der Waals surface area contributed by atoms with Crippen LogP contribution in [0.2, 0.25) is 0 Å². The third-order valence-corrected chi connectivity index (χ3v) is 9.74. The molecule has 0 heterocycles. The summed E-state index contributed by atoms with van der Waals surface area (Å²) in [5.41, 5.74) is -1.29. The zero-order chi connectivity index (χ0) is 24.6. The molecule has 6 nitrogen and oxygen atoms in total. The molecule has 0 radical (unpaired) electrons. The second kappa shape index (κ2) is 9.76. The van der Waals surface area contributed by atoms with E-state index in [4.69, 9.17) is 20.8 Å². The number of rotatable bonds is 8. The molecule has 0 unspecified atom stereocenters. The lowest BCUT2D eigenvalue weighted by Crippen LogP contribution is -2.62. The van der Waals surface area contributed by atoms with E-state index in [-0.39, 0.29) is 41.0 Å². The number of fused-ring (bicyclic) bond motifs is 5. The van der Waals surface area contributed by atoms with E-state index < -0.39 is 11.2 Å². The normalized spacial score (nSPS) is 41.0. The maximum Gasteiger partial charge on any atom is 0.307 e. The van der Waals surface area contributed by atoms with Crippen molar-refractivity contribution in [3.05, 3.63) is 11.6 Å². The van der Waals surface area contributed by atoms with Crippen LogP contribution in [0.4, 0.5) is 0 Å². The van der Waals surface area contributed by atoms with Gasteiger partial charge in [0.2, 0.25) is 0 Å². The van der Waals surface area contributed by atoms with Crippen molar-refractivity contribution in [2.45, 2.75) is 108 Å². The first-order valence-corrected chi connectivity index (χ1v) is 13.1. The fourth-order valence-electron chi connectivity index (χ4n) is 7.91. The van der Waals surface area contributed by atoms with E-state index in [9.17, 15) is 14.8 Å². The van der Waals surface area contributed by atoms with Gasteiger partial charge in [-0.3, -0.25) is 14.8 Å². The molecule has 6 heteroatoms. The number of unbranched alkanes of at least 4 members (excludes halogenated alkanes) is 3. The van der Waals surface area contributed by atoms with Gasteiger partial charge in [-0.25, -0.2) is 4.89 Å². The van der Waals surface area contributed by atoms with E-state index in [0.29, 0.717) is 32.1 Å². The summed E-state index contributed by atoms with van der Waals surface area (Å²) in [6, 6.07) is 0. The zero-order valence-electron chi connectivity index (χ0n) is 20.9. The first-order valence-electron chi connectivity index (χ1n) is 13.1. The first-order chi connectivity index (χ1) is 16.3. The van der Waals surface area contributed by atoms with E-state index >= 15 is 0 Å². The number of ether oxygens (including phenoxy) is 2. The number of methoxy groups -OCH3 is 1. The number of carbonyl (C=O) groups excluding carboxylic acids is 2. The van der Waals surface area contributed by atoms with Crippen molar-refractivity contribution < 1.29 is 29.2 Å². The van der Waals surface area contributed by atoms with Gasteiger partial charge in [0.1, 0.15) is 5.60 Å². The fourth-order valence-corrected chi connectivity index (χ4v) is 7.91. The van der Waals surface area contributed by atoms with Crippen LogP contribution in [0.5, 0.6) is 0 Å². The maximum absolute atomic E-state index is 12.8. The molecule has 0 spiro atoms. The van der Waals surface area contributed by atoms with Crippen molar-refractivity contribution in [2.75, 3.05) is 7.11 Å². The Bertz CT molecular complexity index is 873. The molecule has 0 bridgehead atoms. The van der Waals surface area contributed by atoms with Gasteiger partial charge in [-0.2, -0.15) is 0 Å². The summed E-state index contributed by atoms with van der Waals surface area (Å²) in [6.45, 7) is 4.33. The molecule has 0 aliphatic heterocycles. The average Bonchev–Trinajstić information content (AvgIpc) is 3.13. The second-order valence-electron chi connectivity index (χ2n) is 11.1. The Kier molecular flexibility index (Phi) is 7.29. The van der Waals surface area contributed by atoms with Crippen LogP contribution < -0.4 is 0 Å². The molecule has 0 aromatic rings. The number of ketones is 1. The Morgan fingerprint density at radius 2 is 1.97 bits per heavy atom. The highest BCUT2D eigenvalue weighted by Gasteiger charge is 2.68. The molecule has 0 saturated heterocycles. The lowest BCUT2D eigenvalue weighted by molar-refractivity contribution is -0.347. The molecule has 7 atom stereocenters. The molecule has 4 aliphatic carbocycles. The Labute approximate surface area is 203 Å². The topological polar surface area (TPSA) is 82.1 Å². The van der Waals surface area contributed by atoms with E-state index in [1.807, 2.05) is 0 Å². The summed E-state index contributed by atoms with van der Waals surface area (Å²) in [5, 5.41) is 10.2. The summed E-state index contributed by atoms with van der Waals surface area (Å²) in [7, 11) is 1.71. The standard InChI is InChI=1S/C28H40O6/c1-5-7-8-9-10-24(30)33-27(6-2)15-13-21-25-22(12-14-26(21,27)3)28(34-31)16-11-20(29)17-19(28)18-23(25)32-4/h2,17,21-23,25,31H,5,7-16,18H2,1,3-4H3/t21-,22-,23+,25-,26-,27-,28+/m0/s1. The van der Waals surface area contributed by atoms with Gasteiger partial charge in [0.25, 0.3) is 0 Å². The SMILES string of the molecule is C#C[C@]1(OC(=O)CCCCCC)CC[C@H]2[C@@H]3[C@H](OC)CC4=CC(=O)CC[C@]4(OO)[C@H]3CC[C@@]21C. The van der Waals surface area contributed by atoms with E-state index in [1.54, 1.807) is 13.2 Å². The zero-order valence-corrected chi connectivity index (χ0v) is 20.9. The van der Waals surface area contributed by atoms with Gasteiger partial charge in [-0.05, 0) is 68.4 Å². The molecule has 188 valence electrons. The minimum atomic E-state index is -0.922. The van der Waals surface area contributed by atoms with Crippen LogP contribution >= 0.6 is 0 Å². The molecule has 0 amide bonds. The Morgan fingerprint density at radius 3 is 2.65 bits per heavy atom. The van der Waals surface area contributed by atoms with E-state index in [2.05, 4.69) is 19.8 Å². The fraction of sp³-hybridized carbons (Fsp3) is 0.786.